The van der Waals surface area contributed by atoms with E-state index in [4.69, 9.17) is 4.74 Å². The molecule has 3 aromatic rings. The van der Waals surface area contributed by atoms with Crippen molar-refractivity contribution in [2.24, 2.45) is 5.10 Å². The summed E-state index contributed by atoms with van der Waals surface area (Å²) in [5.74, 6) is -0.0187. The van der Waals surface area contributed by atoms with Crippen LogP contribution in [0.15, 0.2) is 53.6 Å². The number of aromatic amines is 1. The van der Waals surface area contributed by atoms with Gasteiger partial charge in [0.05, 0.1) is 18.5 Å². The molecule has 0 spiro atoms. The molecule has 1 aromatic heterocycles. The van der Waals surface area contributed by atoms with Crippen LogP contribution in [0.25, 0.3) is 11.3 Å². The Morgan fingerprint density at radius 3 is 2.63 bits per heavy atom. The Balaban J connectivity index is 1.72. The molecule has 27 heavy (non-hydrogen) atoms. The third kappa shape index (κ3) is 4.14. The summed E-state index contributed by atoms with van der Waals surface area (Å²) in [6.45, 7) is 3.76. The number of hydrazone groups is 1. The van der Waals surface area contributed by atoms with Crippen LogP contribution in [-0.4, -0.2) is 34.0 Å². The molecule has 0 aliphatic heterocycles. The van der Waals surface area contributed by atoms with Crippen molar-refractivity contribution in [2.45, 2.75) is 13.8 Å². The maximum Gasteiger partial charge on any atom is 0.289 e. The number of nitrogens with zero attached hydrogens (tertiary/aromatic N) is 2. The number of benzene rings is 2. The molecule has 0 aliphatic rings. The fourth-order valence-electron chi connectivity index (χ4n) is 2.47. The van der Waals surface area contributed by atoms with Gasteiger partial charge in [0.25, 0.3) is 5.91 Å². The number of ether oxygens (including phenoxy) is 1. The number of carbonyl (C=O) groups excluding carboxylic acids is 1. The molecule has 3 N–H and O–H groups in total. The van der Waals surface area contributed by atoms with Crippen LogP contribution in [0.2, 0.25) is 0 Å². The molecule has 1 amide bonds. The highest BCUT2D eigenvalue weighted by Crippen LogP contribution is 2.26. The third-order valence-electron chi connectivity index (χ3n) is 4.09. The van der Waals surface area contributed by atoms with E-state index >= 15 is 0 Å². The number of phenols is 1. The summed E-state index contributed by atoms with van der Waals surface area (Å²) in [7, 11) is 1.47. The summed E-state index contributed by atoms with van der Waals surface area (Å²) in [6, 6.07) is 14.4. The first kappa shape index (κ1) is 18.2. The first-order valence-electron chi connectivity index (χ1n) is 8.32. The number of H-pyrrole nitrogens is 1. The summed E-state index contributed by atoms with van der Waals surface area (Å²) >= 11 is 0. The number of amides is 1. The Kier molecular flexibility index (Phi) is 5.21. The van der Waals surface area contributed by atoms with Crippen molar-refractivity contribution in [2.75, 3.05) is 7.11 Å². The van der Waals surface area contributed by atoms with Crippen LogP contribution in [0.4, 0.5) is 0 Å². The Hall–Kier alpha value is -3.61. The van der Waals surface area contributed by atoms with E-state index < -0.39 is 5.91 Å². The molecular weight excluding hydrogens is 344 g/mol. The second-order valence-corrected chi connectivity index (χ2v) is 6.06. The summed E-state index contributed by atoms with van der Waals surface area (Å²) < 4.78 is 5.08. The highest BCUT2D eigenvalue weighted by molar-refractivity contribution is 6.01. The lowest BCUT2D eigenvalue weighted by atomic mass is 10.1. The molecular formula is C20H20N4O3. The van der Waals surface area contributed by atoms with Crippen LogP contribution in [0, 0.1) is 6.92 Å². The summed E-state index contributed by atoms with van der Waals surface area (Å²) in [5.41, 5.74) is 6.86. The fraction of sp³-hybridized carbons (Fsp3) is 0.150. The zero-order valence-electron chi connectivity index (χ0n) is 15.3. The van der Waals surface area contributed by atoms with Crippen molar-refractivity contribution in [1.29, 1.82) is 0 Å². The smallest absolute Gasteiger partial charge is 0.289 e. The summed E-state index contributed by atoms with van der Waals surface area (Å²) in [4.78, 5) is 12.3. The largest absolute Gasteiger partial charge is 0.504 e. The van der Waals surface area contributed by atoms with E-state index in [0.717, 1.165) is 16.7 Å². The van der Waals surface area contributed by atoms with E-state index in [1.54, 1.807) is 25.1 Å². The molecule has 3 rings (SSSR count). The Morgan fingerprint density at radius 1 is 1.19 bits per heavy atom. The van der Waals surface area contributed by atoms with Gasteiger partial charge in [-0.3, -0.25) is 9.89 Å². The van der Waals surface area contributed by atoms with E-state index in [1.165, 1.54) is 13.2 Å². The van der Waals surface area contributed by atoms with Crippen LogP contribution < -0.4 is 10.2 Å². The second kappa shape index (κ2) is 7.74. The van der Waals surface area contributed by atoms with Crippen LogP contribution in [0.1, 0.15) is 28.5 Å². The number of aryl methyl sites for hydroxylation is 1. The molecule has 0 saturated heterocycles. The van der Waals surface area contributed by atoms with Gasteiger partial charge in [-0.2, -0.15) is 10.2 Å². The number of rotatable bonds is 5. The predicted octanol–water partition coefficient (Wildman–Crippen LogP) is 3.25. The number of hydrogen-bond donors (Lipinski definition) is 3. The quantitative estimate of drug-likeness (QED) is 0.478. The minimum absolute atomic E-state index is 0.0409. The van der Waals surface area contributed by atoms with Gasteiger partial charge in [-0.15, -0.1) is 0 Å². The van der Waals surface area contributed by atoms with Crippen molar-refractivity contribution in [1.82, 2.24) is 15.6 Å². The molecule has 0 unspecified atom stereocenters. The molecule has 0 fully saturated rings. The molecule has 1 heterocycles. The molecule has 0 aliphatic carbocycles. The third-order valence-corrected chi connectivity index (χ3v) is 4.09. The molecule has 2 aromatic carbocycles. The van der Waals surface area contributed by atoms with Gasteiger partial charge in [0.2, 0.25) is 0 Å². The molecule has 138 valence electrons. The van der Waals surface area contributed by atoms with Crippen molar-refractivity contribution in [3.63, 3.8) is 0 Å². The number of phenolic OH excluding ortho intramolecular Hbond substituents is 1. The predicted molar refractivity (Wildman–Crippen MR) is 103 cm³/mol. The second-order valence-electron chi connectivity index (χ2n) is 6.06. The average Bonchev–Trinajstić information content (AvgIpc) is 3.17. The van der Waals surface area contributed by atoms with E-state index in [2.05, 4.69) is 20.7 Å². The lowest BCUT2D eigenvalue weighted by Crippen LogP contribution is -2.19. The number of nitrogens with one attached hydrogen (secondary N) is 2. The van der Waals surface area contributed by atoms with Crippen LogP contribution in [0.3, 0.4) is 0 Å². The van der Waals surface area contributed by atoms with Crippen molar-refractivity contribution >= 4 is 11.6 Å². The monoisotopic (exact) mass is 364 g/mol. The van der Waals surface area contributed by atoms with Crippen molar-refractivity contribution < 1.29 is 14.6 Å². The SMILES string of the molecule is COc1cc(/C(C)=N/NC(=O)c2cc(-c3ccc(C)cc3)n[nH]2)ccc1O. The maximum atomic E-state index is 12.3. The summed E-state index contributed by atoms with van der Waals surface area (Å²) in [6.07, 6.45) is 0. The Bertz CT molecular complexity index is 991. The van der Waals surface area contributed by atoms with Gasteiger partial charge in [0, 0.05) is 11.1 Å². The molecule has 0 radical (unpaired) electrons. The van der Waals surface area contributed by atoms with Crippen LogP contribution in [-0.2, 0) is 0 Å². The van der Waals surface area contributed by atoms with Gasteiger partial charge in [0.15, 0.2) is 11.5 Å². The number of hydrogen-bond acceptors (Lipinski definition) is 5. The van der Waals surface area contributed by atoms with E-state index in [9.17, 15) is 9.90 Å². The maximum absolute atomic E-state index is 12.3. The topological polar surface area (TPSA) is 99.6 Å². The first-order chi connectivity index (χ1) is 13.0. The van der Waals surface area contributed by atoms with E-state index in [0.29, 0.717) is 22.8 Å². The molecule has 7 heteroatoms. The molecule has 0 saturated carbocycles. The summed E-state index contributed by atoms with van der Waals surface area (Å²) in [5, 5.41) is 20.7. The normalized spacial score (nSPS) is 11.3. The molecule has 7 nitrogen and oxygen atoms in total. The first-order valence-corrected chi connectivity index (χ1v) is 8.32. The molecule has 0 atom stereocenters. The van der Waals surface area contributed by atoms with Crippen LogP contribution >= 0.6 is 0 Å². The number of methoxy groups -OCH3 is 1. The zero-order valence-corrected chi connectivity index (χ0v) is 15.3. The van der Waals surface area contributed by atoms with Gasteiger partial charge < -0.3 is 9.84 Å². The van der Waals surface area contributed by atoms with Gasteiger partial charge >= 0.3 is 0 Å². The Morgan fingerprint density at radius 2 is 1.93 bits per heavy atom. The lowest BCUT2D eigenvalue weighted by molar-refractivity contribution is 0.0950. The van der Waals surface area contributed by atoms with E-state index in [-0.39, 0.29) is 5.75 Å². The minimum atomic E-state index is -0.397. The average molecular weight is 364 g/mol. The van der Waals surface area contributed by atoms with Gasteiger partial charge in [-0.05, 0) is 38.1 Å². The van der Waals surface area contributed by atoms with Gasteiger partial charge in [0.1, 0.15) is 5.69 Å². The van der Waals surface area contributed by atoms with Crippen molar-refractivity contribution in [3.8, 4) is 22.8 Å². The van der Waals surface area contributed by atoms with Gasteiger partial charge in [-0.25, -0.2) is 5.43 Å². The van der Waals surface area contributed by atoms with Gasteiger partial charge in [-0.1, -0.05) is 29.8 Å². The van der Waals surface area contributed by atoms with Crippen molar-refractivity contribution in [3.05, 3.63) is 65.4 Å². The lowest BCUT2D eigenvalue weighted by Gasteiger charge is -2.06. The fourth-order valence-corrected chi connectivity index (χ4v) is 2.47. The van der Waals surface area contributed by atoms with Crippen LogP contribution in [0.5, 0.6) is 11.5 Å². The number of carbonyl (C=O) groups is 1. The minimum Gasteiger partial charge on any atom is -0.504 e. The highest BCUT2D eigenvalue weighted by atomic mass is 16.5. The Labute approximate surface area is 156 Å². The zero-order chi connectivity index (χ0) is 19.4. The molecule has 0 bridgehead atoms. The standard InChI is InChI=1S/C20H20N4O3/c1-12-4-6-14(7-5-12)16-11-17(23-22-16)20(26)24-21-13(2)15-8-9-18(25)19(10-15)27-3/h4-11,25H,1-3H3,(H,22,23)(H,24,26)/b21-13+. The highest BCUT2D eigenvalue weighted by Gasteiger charge is 2.11. The number of aromatic hydroxyl groups is 1. The van der Waals surface area contributed by atoms with E-state index in [1.807, 2.05) is 31.2 Å². The number of aromatic nitrogens is 2.